The molecule has 1 atom stereocenters. The molecule has 172 valence electrons. The number of rotatable bonds is 4. The van der Waals surface area contributed by atoms with E-state index < -0.39 is 0 Å². The van der Waals surface area contributed by atoms with E-state index in [1.165, 1.54) is 10.4 Å². The standard InChI is InChI=1S/C26H30N4O2S/c1-18-9-15-33-25(18)19-16-21(20-6-3-4-8-23(20)31)27-24(17-19)30-10-5-7-22(30)26(32)29-13-11-28(2)12-14-29/h3-4,6,8-9,15-17,22,31H,5,7,10-14H2,1-2H3/t22-/m0/s1. The molecule has 0 unspecified atom stereocenters. The molecule has 7 heteroatoms. The van der Waals surface area contributed by atoms with Crippen molar-refractivity contribution in [2.24, 2.45) is 0 Å². The van der Waals surface area contributed by atoms with Gasteiger partial charge in [-0.25, -0.2) is 4.98 Å². The van der Waals surface area contributed by atoms with Crippen molar-refractivity contribution in [3.05, 3.63) is 53.4 Å². The molecule has 1 amide bonds. The van der Waals surface area contributed by atoms with Crippen LogP contribution in [0.1, 0.15) is 18.4 Å². The summed E-state index contributed by atoms with van der Waals surface area (Å²) in [5, 5.41) is 12.6. The Kier molecular flexibility index (Phi) is 6.08. The topological polar surface area (TPSA) is 59.9 Å². The van der Waals surface area contributed by atoms with Crippen molar-refractivity contribution in [2.75, 3.05) is 44.7 Å². The second-order valence-electron chi connectivity index (χ2n) is 9.03. The minimum atomic E-state index is -0.183. The average Bonchev–Trinajstić information content (AvgIpc) is 3.48. The number of phenols is 1. The Labute approximate surface area is 199 Å². The fraction of sp³-hybridized carbons (Fsp3) is 0.385. The summed E-state index contributed by atoms with van der Waals surface area (Å²) in [6.07, 6.45) is 1.82. The van der Waals surface area contributed by atoms with Crippen LogP contribution in [0.5, 0.6) is 5.75 Å². The third-order valence-electron chi connectivity index (χ3n) is 6.76. The maximum atomic E-state index is 13.5. The van der Waals surface area contributed by atoms with Crippen molar-refractivity contribution in [1.82, 2.24) is 14.8 Å². The fourth-order valence-electron chi connectivity index (χ4n) is 4.83. The summed E-state index contributed by atoms with van der Waals surface area (Å²) in [7, 11) is 2.10. The first-order chi connectivity index (χ1) is 16.0. The van der Waals surface area contributed by atoms with Crippen molar-refractivity contribution < 1.29 is 9.90 Å². The zero-order valence-corrected chi connectivity index (χ0v) is 20.0. The Balaban J connectivity index is 1.54. The van der Waals surface area contributed by atoms with E-state index in [1.807, 2.05) is 29.2 Å². The number of aromatic nitrogens is 1. The van der Waals surface area contributed by atoms with Gasteiger partial charge in [-0.1, -0.05) is 12.1 Å². The van der Waals surface area contributed by atoms with Gasteiger partial charge in [-0.2, -0.15) is 0 Å². The van der Waals surface area contributed by atoms with E-state index in [1.54, 1.807) is 17.4 Å². The fourth-order valence-corrected chi connectivity index (χ4v) is 5.74. The Morgan fingerprint density at radius 1 is 1.09 bits per heavy atom. The Hall–Kier alpha value is -2.90. The molecule has 2 aliphatic rings. The van der Waals surface area contributed by atoms with Crippen LogP contribution < -0.4 is 4.90 Å². The molecule has 2 aromatic heterocycles. The minimum absolute atomic E-state index is 0.183. The van der Waals surface area contributed by atoms with Crippen molar-refractivity contribution in [3.63, 3.8) is 0 Å². The molecule has 2 fully saturated rings. The molecular weight excluding hydrogens is 432 g/mol. The van der Waals surface area contributed by atoms with Crippen molar-refractivity contribution >= 4 is 23.1 Å². The Bertz CT molecular complexity index is 1150. The van der Waals surface area contributed by atoms with Crippen LogP contribution in [-0.4, -0.2) is 71.6 Å². The van der Waals surface area contributed by atoms with Crippen LogP contribution in [0.4, 0.5) is 5.82 Å². The number of likely N-dealkylation sites (N-methyl/N-ethyl adjacent to an activating group) is 1. The quantitative estimate of drug-likeness (QED) is 0.629. The number of phenolic OH excluding ortho intramolecular Hbond substituents is 1. The van der Waals surface area contributed by atoms with Gasteiger partial charge >= 0.3 is 0 Å². The molecule has 33 heavy (non-hydrogen) atoms. The monoisotopic (exact) mass is 462 g/mol. The summed E-state index contributed by atoms with van der Waals surface area (Å²) in [5.41, 5.74) is 3.72. The number of para-hydroxylation sites is 1. The summed E-state index contributed by atoms with van der Waals surface area (Å²) in [5.74, 6) is 1.23. The predicted octanol–water partition coefficient (Wildman–Crippen LogP) is 4.23. The Morgan fingerprint density at radius 3 is 2.61 bits per heavy atom. The highest BCUT2D eigenvalue weighted by molar-refractivity contribution is 7.13. The first kappa shape index (κ1) is 21.9. The third kappa shape index (κ3) is 4.35. The van der Waals surface area contributed by atoms with Crippen LogP contribution in [0.25, 0.3) is 21.7 Å². The van der Waals surface area contributed by atoms with Gasteiger partial charge in [0.2, 0.25) is 5.91 Å². The molecule has 6 nitrogen and oxygen atoms in total. The van der Waals surface area contributed by atoms with Gasteiger partial charge in [-0.15, -0.1) is 11.3 Å². The normalized spacial score (nSPS) is 19.3. The number of benzene rings is 1. The lowest BCUT2D eigenvalue weighted by atomic mass is 10.1. The number of aromatic hydroxyl groups is 1. The molecule has 1 N–H and O–H groups in total. The zero-order chi connectivity index (χ0) is 22.9. The SMILES string of the molecule is Cc1ccsc1-c1cc(-c2ccccc2O)nc(N2CCC[C@H]2C(=O)N2CCN(C)CC2)c1. The summed E-state index contributed by atoms with van der Waals surface area (Å²) in [4.78, 5) is 26.1. The van der Waals surface area contributed by atoms with Gasteiger partial charge in [0, 0.05) is 43.2 Å². The first-order valence-electron chi connectivity index (χ1n) is 11.6. The molecule has 0 saturated carbocycles. The number of piperazine rings is 1. The van der Waals surface area contributed by atoms with E-state index in [0.29, 0.717) is 5.56 Å². The van der Waals surface area contributed by atoms with Crippen molar-refractivity contribution in [2.45, 2.75) is 25.8 Å². The van der Waals surface area contributed by atoms with E-state index in [2.05, 4.69) is 41.3 Å². The van der Waals surface area contributed by atoms with Gasteiger partial charge < -0.3 is 19.8 Å². The van der Waals surface area contributed by atoms with Crippen LogP contribution in [0.3, 0.4) is 0 Å². The number of carbonyl (C=O) groups excluding carboxylic acids is 1. The van der Waals surface area contributed by atoms with Gasteiger partial charge in [0.15, 0.2) is 0 Å². The van der Waals surface area contributed by atoms with E-state index in [9.17, 15) is 9.90 Å². The Morgan fingerprint density at radius 2 is 1.88 bits per heavy atom. The molecule has 1 aromatic carbocycles. The number of thiophene rings is 1. The smallest absolute Gasteiger partial charge is 0.245 e. The van der Waals surface area contributed by atoms with Crippen LogP contribution in [0, 0.1) is 6.92 Å². The van der Waals surface area contributed by atoms with E-state index in [-0.39, 0.29) is 17.7 Å². The molecule has 5 rings (SSSR count). The van der Waals surface area contributed by atoms with E-state index >= 15 is 0 Å². The van der Waals surface area contributed by atoms with Crippen molar-refractivity contribution in [3.8, 4) is 27.4 Å². The lowest BCUT2D eigenvalue weighted by Crippen LogP contribution is -2.53. The van der Waals surface area contributed by atoms with Gasteiger partial charge in [-0.05, 0) is 73.7 Å². The highest BCUT2D eigenvalue weighted by atomic mass is 32.1. The van der Waals surface area contributed by atoms with Crippen LogP contribution in [-0.2, 0) is 4.79 Å². The van der Waals surface area contributed by atoms with Gasteiger partial charge in [0.25, 0.3) is 0 Å². The third-order valence-corrected chi connectivity index (χ3v) is 7.83. The first-order valence-corrected chi connectivity index (χ1v) is 12.5. The van der Waals surface area contributed by atoms with E-state index in [4.69, 9.17) is 4.98 Å². The average molecular weight is 463 g/mol. The van der Waals surface area contributed by atoms with E-state index in [0.717, 1.165) is 62.6 Å². The number of amides is 1. The molecule has 0 aliphatic carbocycles. The lowest BCUT2D eigenvalue weighted by Gasteiger charge is -2.36. The summed E-state index contributed by atoms with van der Waals surface area (Å²) >= 11 is 1.70. The highest BCUT2D eigenvalue weighted by Gasteiger charge is 2.35. The maximum absolute atomic E-state index is 13.5. The number of hydrogen-bond acceptors (Lipinski definition) is 6. The molecule has 2 saturated heterocycles. The zero-order valence-electron chi connectivity index (χ0n) is 19.2. The largest absolute Gasteiger partial charge is 0.507 e. The van der Waals surface area contributed by atoms with Gasteiger partial charge in [-0.3, -0.25) is 4.79 Å². The summed E-state index contributed by atoms with van der Waals surface area (Å²) in [6, 6.07) is 13.4. The number of carbonyl (C=O) groups is 1. The molecule has 3 aromatic rings. The second kappa shape index (κ2) is 9.15. The predicted molar refractivity (Wildman–Crippen MR) is 134 cm³/mol. The van der Waals surface area contributed by atoms with Gasteiger partial charge in [0.05, 0.1) is 5.69 Å². The summed E-state index contributed by atoms with van der Waals surface area (Å²) in [6.45, 7) is 6.32. The highest BCUT2D eigenvalue weighted by Crippen LogP contribution is 2.38. The molecule has 0 bridgehead atoms. The molecule has 0 spiro atoms. The second-order valence-corrected chi connectivity index (χ2v) is 9.95. The number of hydrogen-bond donors (Lipinski definition) is 1. The number of anilines is 1. The summed E-state index contributed by atoms with van der Waals surface area (Å²) < 4.78 is 0. The lowest BCUT2D eigenvalue weighted by molar-refractivity contribution is -0.134. The molecular formula is C26H30N4O2S. The number of nitrogens with zero attached hydrogens (tertiary/aromatic N) is 4. The van der Waals surface area contributed by atoms with Crippen LogP contribution in [0.15, 0.2) is 47.8 Å². The van der Waals surface area contributed by atoms with Crippen LogP contribution >= 0.6 is 11.3 Å². The number of aryl methyl sites for hydroxylation is 1. The minimum Gasteiger partial charge on any atom is -0.507 e. The number of pyridine rings is 1. The van der Waals surface area contributed by atoms with Crippen molar-refractivity contribution in [1.29, 1.82) is 0 Å². The van der Waals surface area contributed by atoms with Crippen LogP contribution in [0.2, 0.25) is 0 Å². The molecule has 2 aliphatic heterocycles. The maximum Gasteiger partial charge on any atom is 0.245 e. The molecule has 0 radical (unpaired) electrons. The van der Waals surface area contributed by atoms with Gasteiger partial charge in [0.1, 0.15) is 17.6 Å². The molecule has 4 heterocycles.